The fourth-order valence-electron chi connectivity index (χ4n) is 2.46. The Morgan fingerprint density at radius 1 is 1.07 bits per heavy atom. The maximum absolute atomic E-state index is 12.1. The Morgan fingerprint density at radius 3 is 2.63 bits per heavy atom. The summed E-state index contributed by atoms with van der Waals surface area (Å²) in [4.78, 5) is 35.9. The number of carbonyl (C=O) groups excluding carboxylic acids is 3. The van der Waals surface area contributed by atoms with Gasteiger partial charge in [0.15, 0.2) is 12.2 Å². The van der Waals surface area contributed by atoms with Crippen molar-refractivity contribution in [1.82, 2.24) is 10.5 Å². The van der Waals surface area contributed by atoms with Crippen LogP contribution in [-0.4, -0.2) is 36.7 Å². The molecule has 0 aliphatic heterocycles. The first-order valence-corrected chi connectivity index (χ1v) is 8.04. The normalized spacial score (nSPS) is 10.4. The molecule has 0 saturated heterocycles. The predicted molar refractivity (Wildman–Crippen MR) is 94.1 cm³/mol. The van der Waals surface area contributed by atoms with Crippen molar-refractivity contribution >= 4 is 28.8 Å². The van der Waals surface area contributed by atoms with Gasteiger partial charge in [0, 0.05) is 5.39 Å². The van der Waals surface area contributed by atoms with Gasteiger partial charge in [-0.05, 0) is 24.3 Å². The number of amides is 2. The molecule has 2 aromatic carbocycles. The Morgan fingerprint density at radius 2 is 1.81 bits per heavy atom. The number of aromatic nitrogens is 1. The topological polar surface area (TPSA) is 108 Å². The largest absolute Gasteiger partial charge is 0.496 e. The number of ether oxygens (including phenoxy) is 2. The zero-order chi connectivity index (χ0) is 19.2. The maximum Gasteiger partial charge on any atom is 0.312 e. The molecule has 1 heterocycles. The Kier molecular flexibility index (Phi) is 5.46. The number of hydrogen-bond donors (Lipinski definition) is 1. The van der Waals surface area contributed by atoms with Crippen LogP contribution in [0, 0.1) is 0 Å². The number of nitrogens with zero attached hydrogens (tertiary/aromatic N) is 1. The van der Waals surface area contributed by atoms with Crippen LogP contribution in [0.2, 0.25) is 0 Å². The average molecular weight is 368 g/mol. The van der Waals surface area contributed by atoms with Crippen LogP contribution in [0.1, 0.15) is 16.1 Å². The van der Waals surface area contributed by atoms with E-state index in [4.69, 9.17) is 14.0 Å². The minimum atomic E-state index is -0.746. The smallest absolute Gasteiger partial charge is 0.312 e. The second-order valence-electron chi connectivity index (χ2n) is 5.54. The van der Waals surface area contributed by atoms with Gasteiger partial charge in [0.25, 0.3) is 11.8 Å². The highest BCUT2D eigenvalue weighted by Gasteiger charge is 2.17. The third-order valence-electron chi connectivity index (χ3n) is 3.73. The van der Waals surface area contributed by atoms with E-state index >= 15 is 0 Å². The molecule has 138 valence electrons. The van der Waals surface area contributed by atoms with E-state index in [1.54, 1.807) is 42.5 Å². The van der Waals surface area contributed by atoms with Crippen LogP contribution in [0.4, 0.5) is 0 Å². The molecule has 0 unspecified atom stereocenters. The third kappa shape index (κ3) is 4.30. The van der Waals surface area contributed by atoms with Crippen molar-refractivity contribution in [2.45, 2.75) is 6.42 Å². The highest BCUT2D eigenvalue weighted by atomic mass is 16.5. The van der Waals surface area contributed by atoms with Crippen LogP contribution >= 0.6 is 0 Å². The van der Waals surface area contributed by atoms with Crippen molar-refractivity contribution in [2.24, 2.45) is 0 Å². The highest BCUT2D eigenvalue weighted by molar-refractivity contribution is 6.06. The second-order valence-corrected chi connectivity index (χ2v) is 5.54. The lowest BCUT2D eigenvalue weighted by Crippen LogP contribution is -2.34. The number of hydrogen-bond acceptors (Lipinski definition) is 7. The van der Waals surface area contributed by atoms with Crippen LogP contribution in [-0.2, 0) is 20.7 Å². The number of carbonyl (C=O) groups is 3. The van der Waals surface area contributed by atoms with Crippen molar-refractivity contribution in [3.8, 4) is 5.75 Å². The van der Waals surface area contributed by atoms with E-state index in [0.29, 0.717) is 22.4 Å². The number of para-hydroxylation sites is 2. The van der Waals surface area contributed by atoms with Gasteiger partial charge in [-0.15, -0.1) is 0 Å². The zero-order valence-corrected chi connectivity index (χ0v) is 14.4. The fourth-order valence-corrected chi connectivity index (χ4v) is 2.46. The number of nitrogens with one attached hydrogen (secondary N) is 1. The first-order chi connectivity index (χ1) is 13.1. The van der Waals surface area contributed by atoms with Crippen molar-refractivity contribution < 1.29 is 28.4 Å². The molecule has 8 nitrogen and oxygen atoms in total. The number of fused-ring (bicyclic) bond motifs is 1. The van der Waals surface area contributed by atoms with Gasteiger partial charge in [-0.1, -0.05) is 29.4 Å². The minimum absolute atomic E-state index is 0.148. The molecule has 0 atom stereocenters. The molecule has 27 heavy (non-hydrogen) atoms. The Labute approximate surface area is 154 Å². The van der Waals surface area contributed by atoms with Crippen LogP contribution in [0.5, 0.6) is 5.75 Å². The van der Waals surface area contributed by atoms with Gasteiger partial charge in [0.1, 0.15) is 11.4 Å². The first kappa shape index (κ1) is 18.1. The summed E-state index contributed by atoms with van der Waals surface area (Å²) < 4.78 is 15.1. The molecule has 1 aromatic heterocycles. The summed E-state index contributed by atoms with van der Waals surface area (Å²) in [5, 5.41) is 6.67. The van der Waals surface area contributed by atoms with Crippen LogP contribution in [0.3, 0.4) is 0 Å². The highest BCUT2D eigenvalue weighted by Crippen LogP contribution is 2.18. The predicted octanol–water partition coefficient (Wildman–Crippen LogP) is 1.88. The molecule has 0 fully saturated rings. The van der Waals surface area contributed by atoms with Crippen molar-refractivity contribution in [3.63, 3.8) is 0 Å². The number of rotatable bonds is 6. The molecule has 3 aromatic rings. The molecule has 1 N–H and O–H groups in total. The third-order valence-corrected chi connectivity index (χ3v) is 3.73. The summed E-state index contributed by atoms with van der Waals surface area (Å²) in [6.45, 7) is -0.588. The number of methoxy groups -OCH3 is 1. The van der Waals surface area contributed by atoms with E-state index in [9.17, 15) is 14.4 Å². The molecule has 8 heteroatoms. The summed E-state index contributed by atoms with van der Waals surface area (Å²) in [5.41, 5.74) is 1.18. The molecular formula is C19H16N2O6. The molecule has 3 rings (SSSR count). The Bertz CT molecular complexity index is 995. The van der Waals surface area contributed by atoms with Gasteiger partial charge in [0.05, 0.1) is 19.1 Å². The van der Waals surface area contributed by atoms with Gasteiger partial charge in [-0.25, -0.2) is 0 Å². The molecular weight excluding hydrogens is 352 g/mol. The van der Waals surface area contributed by atoms with Crippen LogP contribution in [0.15, 0.2) is 53.1 Å². The quantitative estimate of drug-likeness (QED) is 0.662. The molecule has 0 radical (unpaired) electrons. The van der Waals surface area contributed by atoms with Gasteiger partial charge in [-0.2, -0.15) is 0 Å². The fraction of sp³-hybridized carbons (Fsp3) is 0.158. The molecule has 0 spiro atoms. The number of benzene rings is 2. The molecule has 0 aliphatic rings. The SMILES string of the molecule is COc1ccccc1C(=O)NC(=O)COC(=O)Cc1noc2ccccc12. The van der Waals surface area contributed by atoms with Crippen LogP contribution in [0.25, 0.3) is 11.0 Å². The number of esters is 1. The van der Waals surface area contributed by atoms with Crippen molar-refractivity contribution in [1.29, 1.82) is 0 Å². The van der Waals surface area contributed by atoms with Gasteiger partial charge < -0.3 is 14.0 Å². The summed E-state index contributed by atoms with van der Waals surface area (Å²) in [6, 6.07) is 13.5. The lowest BCUT2D eigenvalue weighted by Gasteiger charge is -2.08. The van der Waals surface area contributed by atoms with E-state index in [1.807, 2.05) is 0 Å². The van der Waals surface area contributed by atoms with Gasteiger partial charge in [0.2, 0.25) is 0 Å². The maximum atomic E-state index is 12.1. The summed E-state index contributed by atoms with van der Waals surface area (Å²) in [6.07, 6.45) is -0.148. The number of imide groups is 1. The van der Waals surface area contributed by atoms with Crippen molar-refractivity contribution in [2.75, 3.05) is 13.7 Å². The lowest BCUT2D eigenvalue weighted by atomic mass is 10.2. The van der Waals surface area contributed by atoms with Gasteiger partial charge in [-0.3, -0.25) is 19.7 Å². The standard InChI is InChI=1S/C19H16N2O6/c1-25-15-8-4-3-7-13(15)19(24)20-17(22)11-26-18(23)10-14-12-6-2-5-9-16(12)27-21-14/h2-9H,10-11H2,1H3,(H,20,22,24). The zero-order valence-electron chi connectivity index (χ0n) is 14.4. The van der Waals surface area contributed by atoms with Crippen molar-refractivity contribution in [3.05, 3.63) is 59.8 Å². The molecule has 0 bridgehead atoms. The Hall–Kier alpha value is -3.68. The van der Waals surface area contributed by atoms with E-state index in [-0.39, 0.29) is 12.0 Å². The summed E-state index contributed by atoms with van der Waals surface area (Å²) in [5.74, 6) is -1.72. The summed E-state index contributed by atoms with van der Waals surface area (Å²) in [7, 11) is 1.42. The van der Waals surface area contributed by atoms with E-state index in [1.165, 1.54) is 13.2 Å². The van der Waals surface area contributed by atoms with E-state index in [2.05, 4.69) is 10.5 Å². The molecule has 2 amide bonds. The molecule has 0 saturated carbocycles. The van der Waals surface area contributed by atoms with Gasteiger partial charge >= 0.3 is 5.97 Å². The second kappa shape index (κ2) is 8.13. The lowest BCUT2D eigenvalue weighted by molar-refractivity contribution is -0.147. The molecule has 0 aliphatic carbocycles. The average Bonchev–Trinajstić information content (AvgIpc) is 3.09. The van der Waals surface area contributed by atoms with E-state index < -0.39 is 24.4 Å². The minimum Gasteiger partial charge on any atom is -0.496 e. The van der Waals surface area contributed by atoms with E-state index in [0.717, 1.165) is 0 Å². The summed E-state index contributed by atoms with van der Waals surface area (Å²) >= 11 is 0. The Balaban J connectivity index is 1.53. The van der Waals surface area contributed by atoms with Crippen LogP contribution < -0.4 is 10.1 Å². The first-order valence-electron chi connectivity index (χ1n) is 8.04. The monoisotopic (exact) mass is 368 g/mol.